The van der Waals surface area contributed by atoms with E-state index in [1.807, 2.05) is 6.92 Å². The van der Waals surface area contributed by atoms with Crippen LogP contribution in [0.1, 0.15) is 13.3 Å². The third kappa shape index (κ3) is 8.23. The van der Waals surface area contributed by atoms with Gasteiger partial charge in [-0.15, -0.1) is 0 Å². The minimum absolute atomic E-state index is 0.0425. The Balaban J connectivity index is 2.31. The molecule has 21 heavy (non-hydrogen) atoms. The van der Waals surface area contributed by atoms with Crippen LogP contribution in [0.2, 0.25) is 0 Å². The molecule has 0 spiro atoms. The van der Waals surface area contributed by atoms with Crippen molar-refractivity contribution in [3.8, 4) is 0 Å². The van der Waals surface area contributed by atoms with Gasteiger partial charge in [-0.2, -0.15) is 0 Å². The van der Waals surface area contributed by atoms with Gasteiger partial charge in [-0.05, 0) is 20.4 Å². The fourth-order valence-electron chi connectivity index (χ4n) is 2.09. The molecular weight excluding hydrogens is 292 g/mol. The highest BCUT2D eigenvalue weighted by molar-refractivity contribution is 7.90. The Hall–Kier alpha value is -0.860. The minimum Gasteiger partial charge on any atom is -0.374 e. The highest BCUT2D eigenvalue weighted by Gasteiger charge is 2.18. The molecule has 0 aromatic rings. The van der Waals surface area contributed by atoms with Gasteiger partial charge in [-0.1, -0.05) is 0 Å². The van der Waals surface area contributed by atoms with Crippen LogP contribution in [0.5, 0.6) is 0 Å². The molecule has 1 saturated heterocycles. The van der Waals surface area contributed by atoms with Crippen LogP contribution in [0.4, 0.5) is 0 Å². The fraction of sp³-hybridized carbons (Fsp3) is 0.923. The molecular formula is C13H28N4O3S. The zero-order valence-corrected chi connectivity index (χ0v) is 14.2. The van der Waals surface area contributed by atoms with E-state index in [-0.39, 0.29) is 17.9 Å². The van der Waals surface area contributed by atoms with Gasteiger partial charge in [0.2, 0.25) is 0 Å². The number of guanidine groups is 1. The summed E-state index contributed by atoms with van der Waals surface area (Å²) in [6.45, 7) is 5.24. The Labute approximate surface area is 128 Å². The number of morpholine rings is 1. The number of sulfone groups is 1. The van der Waals surface area contributed by atoms with Gasteiger partial charge in [0, 0.05) is 39.0 Å². The smallest absolute Gasteiger partial charge is 0.191 e. The van der Waals surface area contributed by atoms with Crippen LogP contribution in [-0.4, -0.2) is 83.8 Å². The molecule has 1 aliphatic rings. The summed E-state index contributed by atoms with van der Waals surface area (Å²) in [5, 5.41) is 6.42. The Morgan fingerprint density at radius 2 is 2.24 bits per heavy atom. The first-order chi connectivity index (χ1) is 9.80. The van der Waals surface area contributed by atoms with Gasteiger partial charge in [0.1, 0.15) is 9.84 Å². The third-order valence-electron chi connectivity index (χ3n) is 3.37. The summed E-state index contributed by atoms with van der Waals surface area (Å²) in [7, 11) is 0.857. The van der Waals surface area contributed by atoms with Gasteiger partial charge in [0.05, 0.1) is 18.5 Å². The predicted octanol–water partition coefficient (Wildman–Crippen LogP) is -0.695. The normalized spacial score (nSPS) is 22.9. The Bertz CT molecular complexity index is 439. The maximum absolute atomic E-state index is 11.2. The molecule has 0 aliphatic carbocycles. The molecule has 2 atom stereocenters. The second-order valence-corrected chi connectivity index (χ2v) is 7.93. The lowest BCUT2D eigenvalue weighted by Crippen LogP contribution is -2.49. The van der Waals surface area contributed by atoms with Crippen LogP contribution in [0, 0.1) is 0 Å². The summed E-state index contributed by atoms with van der Waals surface area (Å²) in [6.07, 6.45) is 1.96. The summed E-state index contributed by atoms with van der Waals surface area (Å²) < 4.78 is 28.0. The van der Waals surface area contributed by atoms with Gasteiger partial charge < -0.3 is 20.3 Å². The van der Waals surface area contributed by atoms with Gasteiger partial charge in [-0.25, -0.2) is 8.42 Å². The maximum atomic E-state index is 11.2. The fourth-order valence-corrected chi connectivity index (χ4v) is 2.87. The molecule has 0 amide bonds. The number of nitrogens with zero attached hydrogens (tertiary/aromatic N) is 2. The van der Waals surface area contributed by atoms with E-state index in [1.54, 1.807) is 7.05 Å². The first-order valence-corrected chi connectivity index (χ1v) is 9.31. The van der Waals surface area contributed by atoms with E-state index in [4.69, 9.17) is 4.74 Å². The van der Waals surface area contributed by atoms with Crippen molar-refractivity contribution in [2.45, 2.75) is 25.5 Å². The molecule has 7 nitrogen and oxygen atoms in total. The van der Waals surface area contributed by atoms with Crippen molar-refractivity contribution in [2.24, 2.45) is 4.99 Å². The number of likely N-dealkylation sites (N-methyl/N-ethyl adjacent to an activating group) is 1. The van der Waals surface area contributed by atoms with Crippen LogP contribution in [0.25, 0.3) is 0 Å². The lowest BCUT2D eigenvalue weighted by Gasteiger charge is -2.30. The van der Waals surface area contributed by atoms with Crippen molar-refractivity contribution in [1.29, 1.82) is 0 Å². The largest absolute Gasteiger partial charge is 0.374 e. The highest BCUT2D eigenvalue weighted by Crippen LogP contribution is 2.01. The van der Waals surface area contributed by atoms with E-state index < -0.39 is 9.84 Å². The van der Waals surface area contributed by atoms with Crippen molar-refractivity contribution < 1.29 is 13.2 Å². The summed E-state index contributed by atoms with van der Waals surface area (Å²) in [5.74, 6) is 0.849. The van der Waals surface area contributed by atoms with E-state index >= 15 is 0 Å². The second-order valence-electron chi connectivity index (χ2n) is 5.67. The van der Waals surface area contributed by atoms with Gasteiger partial charge >= 0.3 is 0 Å². The van der Waals surface area contributed by atoms with E-state index in [2.05, 4.69) is 27.6 Å². The molecule has 1 aliphatic heterocycles. The van der Waals surface area contributed by atoms with E-state index in [1.165, 1.54) is 6.26 Å². The molecule has 1 rings (SSSR count). The van der Waals surface area contributed by atoms with Crippen molar-refractivity contribution in [2.75, 3.05) is 52.3 Å². The molecule has 0 radical (unpaired) electrons. The Morgan fingerprint density at radius 3 is 2.81 bits per heavy atom. The zero-order valence-electron chi connectivity index (χ0n) is 13.4. The van der Waals surface area contributed by atoms with Gasteiger partial charge in [0.15, 0.2) is 5.96 Å². The summed E-state index contributed by atoms with van der Waals surface area (Å²) in [6, 6.07) is 0.0425. The van der Waals surface area contributed by atoms with Crippen molar-refractivity contribution in [3.05, 3.63) is 0 Å². The average molecular weight is 320 g/mol. The van der Waals surface area contributed by atoms with Crippen LogP contribution >= 0.6 is 0 Å². The van der Waals surface area contributed by atoms with E-state index in [0.29, 0.717) is 18.9 Å². The SMILES string of the molecule is CN=C(NCC1CN(C)CCO1)NC(C)CCS(C)(=O)=O. The number of ether oxygens (including phenoxy) is 1. The highest BCUT2D eigenvalue weighted by atomic mass is 32.2. The average Bonchev–Trinajstić information content (AvgIpc) is 2.40. The summed E-state index contributed by atoms with van der Waals surface area (Å²) >= 11 is 0. The summed E-state index contributed by atoms with van der Waals surface area (Å²) in [4.78, 5) is 6.39. The molecule has 2 N–H and O–H groups in total. The van der Waals surface area contributed by atoms with E-state index in [0.717, 1.165) is 19.7 Å². The predicted molar refractivity (Wildman–Crippen MR) is 85.5 cm³/mol. The monoisotopic (exact) mass is 320 g/mol. The Kier molecular flexibility index (Phi) is 7.41. The lowest BCUT2D eigenvalue weighted by atomic mass is 10.2. The number of aliphatic imine (C=N–C) groups is 1. The standard InChI is InChI=1S/C13H28N4O3S/c1-11(5-8-21(4,18)19)16-13(14-2)15-9-12-10-17(3)6-7-20-12/h11-12H,5-10H2,1-4H3,(H2,14,15,16). The number of hydrogen-bond acceptors (Lipinski definition) is 5. The topological polar surface area (TPSA) is 83.0 Å². The minimum atomic E-state index is -2.92. The number of hydrogen-bond donors (Lipinski definition) is 2. The van der Waals surface area contributed by atoms with Crippen molar-refractivity contribution >= 4 is 15.8 Å². The van der Waals surface area contributed by atoms with Crippen molar-refractivity contribution in [3.63, 3.8) is 0 Å². The molecule has 1 heterocycles. The van der Waals surface area contributed by atoms with Crippen LogP contribution in [-0.2, 0) is 14.6 Å². The molecule has 2 unspecified atom stereocenters. The van der Waals surface area contributed by atoms with Crippen LogP contribution < -0.4 is 10.6 Å². The molecule has 0 saturated carbocycles. The van der Waals surface area contributed by atoms with Gasteiger partial charge in [0.25, 0.3) is 0 Å². The van der Waals surface area contributed by atoms with Crippen molar-refractivity contribution in [1.82, 2.24) is 15.5 Å². The molecule has 8 heteroatoms. The maximum Gasteiger partial charge on any atom is 0.191 e. The zero-order chi connectivity index (χ0) is 15.9. The molecule has 0 aromatic heterocycles. The number of rotatable bonds is 6. The molecule has 0 aromatic carbocycles. The second kappa shape index (κ2) is 8.55. The lowest BCUT2D eigenvalue weighted by molar-refractivity contribution is -0.0161. The van der Waals surface area contributed by atoms with Gasteiger partial charge in [-0.3, -0.25) is 4.99 Å². The quantitative estimate of drug-likeness (QED) is 0.498. The molecule has 1 fully saturated rings. The number of nitrogens with one attached hydrogen (secondary N) is 2. The van der Waals surface area contributed by atoms with Crippen LogP contribution in [0.3, 0.4) is 0 Å². The molecule has 124 valence electrons. The first kappa shape index (κ1) is 18.2. The van der Waals surface area contributed by atoms with Crippen LogP contribution in [0.15, 0.2) is 4.99 Å². The first-order valence-electron chi connectivity index (χ1n) is 7.25. The Morgan fingerprint density at radius 1 is 1.52 bits per heavy atom. The third-order valence-corrected chi connectivity index (χ3v) is 4.34. The molecule has 0 bridgehead atoms. The van der Waals surface area contributed by atoms with E-state index in [9.17, 15) is 8.42 Å². The summed E-state index contributed by atoms with van der Waals surface area (Å²) in [5.41, 5.74) is 0.